The Morgan fingerprint density at radius 3 is 2.75 bits per heavy atom. The second kappa shape index (κ2) is 4.91. The smallest absolute Gasteiger partial charge is 0.145 e. The van der Waals surface area contributed by atoms with E-state index in [1.54, 1.807) is 0 Å². The topological polar surface area (TPSA) is 35.3 Å². The van der Waals surface area contributed by atoms with Gasteiger partial charge in [0.15, 0.2) is 0 Å². The summed E-state index contributed by atoms with van der Waals surface area (Å²) in [4.78, 5) is 4.71. The van der Waals surface area contributed by atoms with Crippen LogP contribution in [-0.4, -0.2) is 11.1 Å². The van der Waals surface area contributed by atoms with Gasteiger partial charge >= 0.3 is 0 Å². The Labute approximate surface area is 118 Å². The molecule has 0 atom stereocenters. The van der Waals surface area contributed by atoms with Crippen molar-refractivity contribution in [3.8, 4) is 0 Å². The maximum Gasteiger partial charge on any atom is 0.145 e. The Kier molecular flexibility index (Phi) is 3.22. The molecule has 104 valence electrons. The van der Waals surface area contributed by atoms with Crippen molar-refractivity contribution in [1.82, 2.24) is 4.98 Å². The molecule has 1 aromatic carbocycles. The van der Waals surface area contributed by atoms with Gasteiger partial charge in [-0.15, -0.1) is 0 Å². The van der Waals surface area contributed by atoms with Gasteiger partial charge < -0.3 is 9.15 Å². The SMILES string of the molecule is Cc1nc2c(C)cccc2c2oc(COC(C)C)cc12. The highest BCUT2D eigenvalue weighted by atomic mass is 16.5. The van der Waals surface area contributed by atoms with Crippen molar-refractivity contribution in [2.45, 2.75) is 40.4 Å². The second-order valence-corrected chi connectivity index (χ2v) is 5.48. The third-order valence-corrected chi connectivity index (χ3v) is 3.49. The minimum atomic E-state index is 0.196. The summed E-state index contributed by atoms with van der Waals surface area (Å²) in [5, 5.41) is 2.15. The van der Waals surface area contributed by atoms with E-state index in [1.165, 1.54) is 5.56 Å². The lowest BCUT2D eigenvalue weighted by atomic mass is 10.1. The first-order valence-corrected chi connectivity index (χ1v) is 6.96. The zero-order valence-corrected chi connectivity index (χ0v) is 12.4. The van der Waals surface area contributed by atoms with Crippen LogP contribution < -0.4 is 0 Å². The Balaban J connectivity index is 2.19. The first kappa shape index (κ1) is 13.1. The summed E-state index contributed by atoms with van der Waals surface area (Å²) in [6.07, 6.45) is 0.196. The van der Waals surface area contributed by atoms with Crippen molar-refractivity contribution in [2.24, 2.45) is 0 Å². The molecule has 3 heteroatoms. The number of para-hydroxylation sites is 1. The number of benzene rings is 1. The molecule has 0 spiro atoms. The van der Waals surface area contributed by atoms with Crippen LogP contribution in [0.4, 0.5) is 0 Å². The number of nitrogens with zero attached hydrogens (tertiary/aromatic N) is 1. The molecule has 0 bridgehead atoms. The van der Waals surface area contributed by atoms with Crippen LogP contribution in [0.3, 0.4) is 0 Å². The van der Waals surface area contributed by atoms with E-state index >= 15 is 0 Å². The highest BCUT2D eigenvalue weighted by molar-refractivity contribution is 6.04. The zero-order chi connectivity index (χ0) is 14.3. The third-order valence-electron chi connectivity index (χ3n) is 3.49. The standard InChI is InChI=1S/C17H19NO2/c1-10(2)19-9-13-8-15-12(4)18-16-11(3)6-5-7-14(16)17(15)20-13/h5-8,10H,9H2,1-4H3. The highest BCUT2D eigenvalue weighted by Gasteiger charge is 2.13. The van der Waals surface area contributed by atoms with E-state index in [4.69, 9.17) is 14.1 Å². The van der Waals surface area contributed by atoms with Crippen LogP contribution in [0.2, 0.25) is 0 Å². The molecule has 0 amide bonds. The third kappa shape index (κ3) is 2.18. The van der Waals surface area contributed by atoms with Crippen molar-refractivity contribution in [3.63, 3.8) is 0 Å². The lowest BCUT2D eigenvalue weighted by Gasteiger charge is -2.04. The molecule has 2 heterocycles. The molecule has 3 nitrogen and oxygen atoms in total. The number of fused-ring (bicyclic) bond motifs is 3. The Morgan fingerprint density at radius 2 is 2.00 bits per heavy atom. The molecule has 0 N–H and O–H groups in total. The largest absolute Gasteiger partial charge is 0.458 e. The number of aryl methyl sites for hydroxylation is 2. The number of furan rings is 1. The highest BCUT2D eigenvalue weighted by Crippen LogP contribution is 2.30. The molecule has 0 radical (unpaired) electrons. The normalized spacial score (nSPS) is 11.8. The summed E-state index contributed by atoms with van der Waals surface area (Å²) in [5.41, 5.74) is 4.10. The van der Waals surface area contributed by atoms with Gasteiger partial charge in [-0.25, -0.2) is 0 Å². The molecular weight excluding hydrogens is 250 g/mol. The molecular formula is C17H19NO2. The number of hydrogen-bond acceptors (Lipinski definition) is 3. The molecule has 0 unspecified atom stereocenters. The van der Waals surface area contributed by atoms with Crippen LogP contribution >= 0.6 is 0 Å². The van der Waals surface area contributed by atoms with E-state index in [9.17, 15) is 0 Å². The van der Waals surface area contributed by atoms with Crippen LogP contribution in [0.5, 0.6) is 0 Å². The lowest BCUT2D eigenvalue weighted by Crippen LogP contribution is -2.01. The summed E-state index contributed by atoms with van der Waals surface area (Å²) in [5.74, 6) is 0.854. The Morgan fingerprint density at radius 1 is 1.20 bits per heavy atom. The van der Waals surface area contributed by atoms with Crippen molar-refractivity contribution in [3.05, 3.63) is 41.3 Å². The van der Waals surface area contributed by atoms with Crippen LogP contribution in [0.15, 0.2) is 28.7 Å². The average molecular weight is 269 g/mol. The summed E-state index contributed by atoms with van der Waals surface area (Å²) in [6, 6.07) is 8.22. The van der Waals surface area contributed by atoms with Crippen molar-refractivity contribution in [1.29, 1.82) is 0 Å². The average Bonchev–Trinajstić information content (AvgIpc) is 2.83. The van der Waals surface area contributed by atoms with Crippen molar-refractivity contribution >= 4 is 21.9 Å². The molecule has 3 rings (SSSR count). The van der Waals surface area contributed by atoms with Gasteiger partial charge in [0.1, 0.15) is 18.0 Å². The fourth-order valence-corrected chi connectivity index (χ4v) is 2.45. The summed E-state index contributed by atoms with van der Waals surface area (Å²) in [7, 11) is 0. The zero-order valence-electron chi connectivity index (χ0n) is 12.4. The second-order valence-electron chi connectivity index (χ2n) is 5.48. The lowest BCUT2D eigenvalue weighted by molar-refractivity contribution is 0.0554. The number of aromatic nitrogens is 1. The van der Waals surface area contributed by atoms with Crippen molar-refractivity contribution < 1.29 is 9.15 Å². The van der Waals surface area contributed by atoms with E-state index in [0.717, 1.165) is 33.3 Å². The number of ether oxygens (including phenoxy) is 1. The van der Waals surface area contributed by atoms with Crippen LogP contribution in [0.1, 0.15) is 30.9 Å². The van der Waals surface area contributed by atoms with Crippen LogP contribution in [0.25, 0.3) is 21.9 Å². The van der Waals surface area contributed by atoms with Gasteiger partial charge in [0.2, 0.25) is 0 Å². The van der Waals surface area contributed by atoms with E-state index in [0.29, 0.717) is 6.61 Å². The van der Waals surface area contributed by atoms with Gasteiger partial charge in [0.25, 0.3) is 0 Å². The van der Waals surface area contributed by atoms with Gasteiger partial charge in [0, 0.05) is 16.5 Å². The fraction of sp³-hybridized carbons (Fsp3) is 0.353. The summed E-state index contributed by atoms with van der Waals surface area (Å²) < 4.78 is 11.6. The van der Waals surface area contributed by atoms with Gasteiger partial charge in [-0.3, -0.25) is 4.98 Å². The predicted molar refractivity (Wildman–Crippen MR) is 80.9 cm³/mol. The predicted octanol–water partition coefficient (Wildman–Crippen LogP) is 4.52. The molecule has 3 aromatic rings. The minimum absolute atomic E-state index is 0.196. The van der Waals surface area contributed by atoms with E-state index in [2.05, 4.69) is 19.1 Å². The quantitative estimate of drug-likeness (QED) is 0.701. The van der Waals surface area contributed by atoms with E-state index in [1.807, 2.05) is 32.9 Å². The monoisotopic (exact) mass is 269 g/mol. The van der Waals surface area contributed by atoms with E-state index < -0.39 is 0 Å². The van der Waals surface area contributed by atoms with Gasteiger partial charge in [-0.2, -0.15) is 0 Å². The molecule has 20 heavy (non-hydrogen) atoms. The molecule has 0 aliphatic rings. The molecule has 0 aliphatic heterocycles. The molecule has 0 saturated carbocycles. The first-order valence-electron chi connectivity index (χ1n) is 6.96. The summed E-state index contributed by atoms with van der Waals surface area (Å²) in [6.45, 7) is 8.64. The number of pyridine rings is 1. The maximum absolute atomic E-state index is 6.00. The summed E-state index contributed by atoms with van der Waals surface area (Å²) >= 11 is 0. The van der Waals surface area contributed by atoms with Crippen LogP contribution in [-0.2, 0) is 11.3 Å². The van der Waals surface area contributed by atoms with Gasteiger partial charge in [-0.1, -0.05) is 12.1 Å². The molecule has 2 aromatic heterocycles. The fourth-order valence-electron chi connectivity index (χ4n) is 2.45. The van der Waals surface area contributed by atoms with Gasteiger partial charge in [0.05, 0.1) is 11.6 Å². The molecule has 0 aliphatic carbocycles. The first-order chi connectivity index (χ1) is 9.56. The molecule has 0 saturated heterocycles. The van der Waals surface area contributed by atoms with E-state index in [-0.39, 0.29) is 6.10 Å². The minimum Gasteiger partial charge on any atom is -0.458 e. The number of hydrogen-bond donors (Lipinski definition) is 0. The molecule has 0 fully saturated rings. The maximum atomic E-state index is 6.00. The van der Waals surface area contributed by atoms with Crippen LogP contribution in [0, 0.1) is 13.8 Å². The Hall–Kier alpha value is -1.87. The Bertz CT molecular complexity index is 771. The van der Waals surface area contributed by atoms with Crippen molar-refractivity contribution in [2.75, 3.05) is 0 Å². The number of rotatable bonds is 3. The van der Waals surface area contributed by atoms with Gasteiger partial charge in [-0.05, 0) is 45.4 Å².